The molecule has 0 spiro atoms. The molecule has 0 aromatic heterocycles. The number of carbonyl (C=O) groups excluding carboxylic acids is 1. The monoisotopic (exact) mass is 372 g/mol. The molecule has 0 radical (unpaired) electrons. The first kappa shape index (κ1) is 18.7. The summed E-state index contributed by atoms with van der Waals surface area (Å²) < 4.78 is 5.51. The normalized spacial score (nSPS) is 17.2. The van der Waals surface area contributed by atoms with E-state index in [1.165, 1.54) is 5.56 Å². The highest BCUT2D eigenvalue weighted by molar-refractivity contribution is 6.30. The molecule has 1 amide bonds. The highest BCUT2D eigenvalue weighted by Gasteiger charge is 2.27. The van der Waals surface area contributed by atoms with E-state index >= 15 is 0 Å². The largest absolute Gasteiger partial charge is 0.494 e. The summed E-state index contributed by atoms with van der Waals surface area (Å²) in [6.07, 6.45) is 2.19. The Morgan fingerprint density at radius 1 is 1.27 bits per heavy atom. The number of nitrogens with zero attached hydrogens (tertiary/aromatic N) is 1. The van der Waals surface area contributed by atoms with E-state index in [0.29, 0.717) is 30.8 Å². The zero-order valence-corrected chi connectivity index (χ0v) is 15.8. The second-order valence-corrected chi connectivity index (χ2v) is 6.97. The summed E-state index contributed by atoms with van der Waals surface area (Å²) in [5.74, 6) is 0.933. The van der Waals surface area contributed by atoms with Crippen molar-refractivity contribution < 1.29 is 9.53 Å². The van der Waals surface area contributed by atoms with E-state index in [-0.39, 0.29) is 5.91 Å². The summed E-state index contributed by atoms with van der Waals surface area (Å²) in [5, 5.41) is 3.68. The molecule has 26 heavy (non-hydrogen) atoms. The van der Waals surface area contributed by atoms with Crippen molar-refractivity contribution in [2.75, 3.05) is 19.7 Å². The van der Waals surface area contributed by atoms with Crippen LogP contribution in [-0.2, 0) is 11.3 Å². The molecule has 3 rings (SSSR count). The molecule has 1 heterocycles. The number of hydrogen-bond acceptors (Lipinski definition) is 3. The van der Waals surface area contributed by atoms with Gasteiger partial charge in [-0.2, -0.15) is 0 Å². The smallest absolute Gasteiger partial charge is 0.234 e. The minimum Gasteiger partial charge on any atom is -0.494 e. The lowest BCUT2D eigenvalue weighted by molar-refractivity contribution is -0.122. The van der Waals surface area contributed by atoms with Crippen molar-refractivity contribution >= 4 is 17.5 Å². The van der Waals surface area contributed by atoms with Gasteiger partial charge in [0.05, 0.1) is 13.2 Å². The van der Waals surface area contributed by atoms with Gasteiger partial charge in [0.2, 0.25) is 5.91 Å². The van der Waals surface area contributed by atoms with E-state index in [0.717, 1.165) is 30.7 Å². The van der Waals surface area contributed by atoms with E-state index in [1.807, 2.05) is 43.3 Å². The fourth-order valence-corrected chi connectivity index (χ4v) is 3.65. The summed E-state index contributed by atoms with van der Waals surface area (Å²) in [4.78, 5) is 14.6. The van der Waals surface area contributed by atoms with Crippen LogP contribution in [0.15, 0.2) is 48.5 Å². The number of likely N-dealkylation sites (tertiary alicyclic amines) is 1. The van der Waals surface area contributed by atoms with E-state index < -0.39 is 0 Å². The number of halogens is 1. The van der Waals surface area contributed by atoms with Gasteiger partial charge in [0.15, 0.2) is 0 Å². The summed E-state index contributed by atoms with van der Waals surface area (Å²) in [5.41, 5.74) is 2.25. The van der Waals surface area contributed by atoms with E-state index in [2.05, 4.69) is 22.3 Å². The van der Waals surface area contributed by atoms with Gasteiger partial charge >= 0.3 is 0 Å². The van der Waals surface area contributed by atoms with Crippen molar-refractivity contribution in [3.63, 3.8) is 0 Å². The molecule has 1 N–H and O–H groups in total. The van der Waals surface area contributed by atoms with Crippen molar-refractivity contribution in [1.82, 2.24) is 10.2 Å². The standard InChI is InChI=1S/C21H25ClN2O2/c1-2-26-19-10-8-17(9-11-19)20-7-4-12-24(20)15-21(25)23-14-16-5-3-6-18(22)13-16/h3,5-6,8-11,13,20H,2,4,7,12,14-15H2,1H3,(H,23,25)/t20-/m1/s1. The van der Waals surface area contributed by atoms with Crippen molar-refractivity contribution in [2.24, 2.45) is 0 Å². The van der Waals surface area contributed by atoms with Crippen LogP contribution in [0.4, 0.5) is 0 Å². The Balaban J connectivity index is 1.55. The number of carbonyl (C=O) groups is 1. The molecule has 1 atom stereocenters. The van der Waals surface area contributed by atoms with Gasteiger partial charge in [0, 0.05) is 17.6 Å². The van der Waals surface area contributed by atoms with E-state index in [9.17, 15) is 4.79 Å². The van der Waals surface area contributed by atoms with Crippen LogP contribution in [0.25, 0.3) is 0 Å². The second kappa shape index (κ2) is 9.06. The van der Waals surface area contributed by atoms with E-state index in [4.69, 9.17) is 16.3 Å². The number of ether oxygens (including phenoxy) is 1. The third kappa shape index (κ3) is 4.99. The molecular weight excluding hydrogens is 348 g/mol. The third-order valence-corrected chi connectivity index (χ3v) is 4.90. The highest BCUT2D eigenvalue weighted by atomic mass is 35.5. The maximum Gasteiger partial charge on any atom is 0.234 e. The Kier molecular flexibility index (Phi) is 6.53. The molecule has 0 saturated carbocycles. The number of nitrogens with one attached hydrogen (secondary N) is 1. The maximum atomic E-state index is 12.4. The molecule has 5 heteroatoms. The molecule has 4 nitrogen and oxygen atoms in total. The van der Waals surface area contributed by atoms with Crippen LogP contribution in [0.1, 0.15) is 36.9 Å². The molecule has 1 fully saturated rings. The average Bonchev–Trinajstić information content (AvgIpc) is 3.09. The Hall–Kier alpha value is -2.04. The van der Waals surface area contributed by atoms with Crippen molar-refractivity contribution in [2.45, 2.75) is 32.4 Å². The zero-order chi connectivity index (χ0) is 18.4. The van der Waals surface area contributed by atoms with Gasteiger partial charge in [-0.25, -0.2) is 0 Å². The molecular formula is C21H25ClN2O2. The predicted molar refractivity (Wildman–Crippen MR) is 104 cm³/mol. The Bertz CT molecular complexity index is 733. The molecule has 0 unspecified atom stereocenters. The number of rotatable bonds is 7. The Morgan fingerprint density at radius 2 is 2.08 bits per heavy atom. The van der Waals surface area contributed by atoms with Crippen molar-refractivity contribution in [1.29, 1.82) is 0 Å². The molecule has 1 aliphatic rings. The number of amides is 1. The van der Waals surface area contributed by atoms with Crippen LogP contribution in [0.3, 0.4) is 0 Å². The van der Waals surface area contributed by atoms with E-state index in [1.54, 1.807) is 0 Å². The fraction of sp³-hybridized carbons (Fsp3) is 0.381. The Labute approximate surface area is 160 Å². The average molecular weight is 373 g/mol. The fourth-order valence-electron chi connectivity index (χ4n) is 3.43. The second-order valence-electron chi connectivity index (χ2n) is 6.54. The third-order valence-electron chi connectivity index (χ3n) is 4.66. The maximum absolute atomic E-state index is 12.4. The topological polar surface area (TPSA) is 41.6 Å². The predicted octanol–water partition coefficient (Wildman–Crippen LogP) is 4.19. The van der Waals surface area contributed by atoms with Crippen LogP contribution >= 0.6 is 11.6 Å². The zero-order valence-electron chi connectivity index (χ0n) is 15.1. The first-order chi connectivity index (χ1) is 12.7. The number of hydrogen-bond donors (Lipinski definition) is 1. The van der Waals surface area contributed by atoms with Gasteiger partial charge in [-0.05, 0) is 61.7 Å². The minimum absolute atomic E-state index is 0.0443. The summed E-state index contributed by atoms with van der Waals surface area (Å²) >= 11 is 5.99. The van der Waals surface area contributed by atoms with Crippen LogP contribution < -0.4 is 10.1 Å². The van der Waals surface area contributed by atoms with Crippen LogP contribution in [-0.4, -0.2) is 30.5 Å². The number of benzene rings is 2. The van der Waals surface area contributed by atoms with Crippen LogP contribution in [0.2, 0.25) is 5.02 Å². The lowest BCUT2D eigenvalue weighted by atomic mass is 10.0. The van der Waals surface area contributed by atoms with Gasteiger partial charge in [0.1, 0.15) is 5.75 Å². The first-order valence-corrected chi connectivity index (χ1v) is 9.51. The molecule has 0 aliphatic carbocycles. The SMILES string of the molecule is CCOc1ccc([C@H]2CCCN2CC(=O)NCc2cccc(Cl)c2)cc1. The summed E-state index contributed by atoms with van der Waals surface area (Å²) in [6.45, 7) is 4.51. The molecule has 2 aromatic rings. The molecule has 2 aromatic carbocycles. The van der Waals surface area contributed by atoms with Gasteiger partial charge in [0.25, 0.3) is 0 Å². The molecule has 138 valence electrons. The molecule has 0 bridgehead atoms. The molecule has 1 aliphatic heterocycles. The molecule has 1 saturated heterocycles. The summed E-state index contributed by atoms with van der Waals surface area (Å²) in [7, 11) is 0. The van der Waals surface area contributed by atoms with Crippen molar-refractivity contribution in [3.8, 4) is 5.75 Å². The lowest BCUT2D eigenvalue weighted by Crippen LogP contribution is -2.36. The highest BCUT2D eigenvalue weighted by Crippen LogP contribution is 2.32. The quantitative estimate of drug-likeness (QED) is 0.792. The van der Waals surface area contributed by atoms with Crippen LogP contribution in [0, 0.1) is 0 Å². The Morgan fingerprint density at radius 3 is 2.81 bits per heavy atom. The van der Waals surface area contributed by atoms with Crippen LogP contribution in [0.5, 0.6) is 5.75 Å². The first-order valence-electron chi connectivity index (χ1n) is 9.13. The van der Waals surface area contributed by atoms with Crippen molar-refractivity contribution in [3.05, 3.63) is 64.7 Å². The minimum atomic E-state index is 0.0443. The van der Waals surface area contributed by atoms with Gasteiger partial charge in [-0.15, -0.1) is 0 Å². The van der Waals surface area contributed by atoms with Gasteiger partial charge < -0.3 is 10.1 Å². The lowest BCUT2D eigenvalue weighted by Gasteiger charge is -2.24. The van der Waals surface area contributed by atoms with Gasteiger partial charge in [-0.3, -0.25) is 9.69 Å². The van der Waals surface area contributed by atoms with Gasteiger partial charge in [-0.1, -0.05) is 35.9 Å². The summed E-state index contributed by atoms with van der Waals surface area (Å²) in [6, 6.07) is 16.1.